The number of benzene rings is 2. The highest BCUT2D eigenvalue weighted by molar-refractivity contribution is 5.78. The molecular weight excluding hydrogens is 456 g/mol. The Balaban J connectivity index is 1.63. The number of carbonyl (C=O) groups excluding carboxylic acids is 2. The van der Waals surface area contributed by atoms with Gasteiger partial charge in [-0.05, 0) is 48.2 Å². The van der Waals surface area contributed by atoms with E-state index in [1.54, 1.807) is 7.11 Å². The van der Waals surface area contributed by atoms with Crippen LogP contribution >= 0.6 is 0 Å². The summed E-state index contributed by atoms with van der Waals surface area (Å²) in [6, 6.07) is 13.5. The number of carbonyl (C=O) groups is 2. The molecule has 4 rings (SSSR count). The summed E-state index contributed by atoms with van der Waals surface area (Å²) in [5, 5.41) is 0. The van der Waals surface area contributed by atoms with Gasteiger partial charge >= 0.3 is 0 Å². The molecule has 194 valence electrons. The summed E-state index contributed by atoms with van der Waals surface area (Å²) in [4.78, 5) is 30.3. The van der Waals surface area contributed by atoms with E-state index in [1.807, 2.05) is 47.4 Å². The first-order chi connectivity index (χ1) is 17.6. The molecule has 1 amide bonds. The van der Waals surface area contributed by atoms with Crippen molar-refractivity contribution in [2.75, 3.05) is 40.1 Å². The quantitative estimate of drug-likeness (QED) is 0.395. The molecule has 2 aromatic rings. The van der Waals surface area contributed by atoms with Gasteiger partial charge in [0.05, 0.1) is 13.7 Å². The van der Waals surface area contributed by atoms with E-state index in [0.717, 1.165) is 67.7 Å². The van der Waals surface area contributed by atoms with Crippen LogP contribution < -0.4 is 14.2 Å². The van der Waals surface area contributed by atoms with Gasteiger partial charge in [0.1, 0.15) is 12.0 Å². The normalized spacial score (nSPS) is 20.9. The van der Waals surface area contributed by atoms with Crippen LogP contribution in [0.5, 0.6) is 17.2 Å². The molecule has 36 heavy (non-hydrogen) atoms. The molecule has 3 atom stereocenters. The lowest BCUT2D eigenvalue weighted by Crippen LogP contribution is -2.41. The number of nitrogens with zero attached hydrogens (tertiary/aromatic N) is 2. The van der Waals surface area contributed by atoms with E-state index >= 15 is 0 Å². The van der Waals surface area contributed by atoms with Crippen molar-refractivity contribution in [2.45, 2.75) is 51.5 Å². The average Bonchev–Trinajstić information content (AvgIpc) is 3.52. The Morgan fingerprint density at radius 1 is 1.03 bits per heavy atom. The molecule has 0 bridgehead atoms. The second kappa shape index (κ2) is 12.3. The highest BCUT2D eigenvalue weighted by atomic mass is 16.7. The molecule has 7 heteroatoms. The largest absolute Gasteiger partial charge is 0.497 e. The Bertz CT molecular complexity index is 1020. The first-order valence-electron chi connectivity index (χ1n) is 13.1. The minimum absolute atomic E-state index is 0.0587. The lowest BCUT2D eigenvalue weighted by Gasteiger charge is -2.30. The van der Waals surface area contributed by atoms with Crippen LogP contribution in [0.25, 0.3) is 0 Å². The maximum atomic E-state index is 13.5. The number of hydrogen-bond acceptors (Lipinski definition) is 6. The van der Waals surface area contributed by atoms with Crippen LogP contribution in [0, 0.1) is 5.92 Å². The van der Waals surface area contributed by atoms with E-state index in [0.29, 0.717) is 12.3 Å². The van der Waals surface area contributed by atoms with Crippen molar-refractivity contribution in [3.63, 3.8) is 0 Å². The molecule has 0 saturated carbocycles. The number of fused-ring (bicyclic) bond motifs is 1. The van der Waals surface area contributed by atoms with Gasteiger partial charge in [-0.3, -0.25) is 9.69 Å². The van der Waals surface area contributed by atoms with Gasteiger partial charge in [0.25, 0.3) is 0 Å². The molecule has 0 radical (unpaired) electrons. The first kappa shape index (κ1) is 26.0. The van der Waals surface area contributed by atoms with Crippen LogP contribution in [0.15, 0.2) is 42.5 Å². The Hall–Kier alpha value is -3.06. The van der Waals surface area contributed by atoms with Gasteiger partial charge in [0, 0.05) is 37.5 Å². The summed E-state index contributed by atoms with van der Waals surface area (Å²) < 4.78 is 16.4. The number of unbranched alkanes of at least 4 members (excludes halogenated alkanes) is 2. The predicted octanol–water partition coefficient (Wildman–Crippen LogP) is 4.81. The number of aldehydes is 1. The van der Waals surface area contributed by atoms with Crippen LogP contribution in [-0.2, 0) is 9.59 Å². The molecule has 2 heterocycles. The third-order valence-corrected chi connectivity index (χ3v) is 7.35. The minimum Gasteiger partial charge on any atom is -0.497 e. The standard InChI is InChI=1S/C29H38N2O5/c1-4-6-14-30(15-7-5-2)28(33)18-31-17-24(22-10-13-26-27(16-22)36-20-35-26)25(19-32)29(31)21-8-11-23(34-3)12-9-21/h8-13,16,19,24-25,29H,4-7,14-15,17-18,20H2,1-3H3/t24-,25-,29+/m1/s1. The predicted molar refractivity (Wildman–Crippen MR) is 139 cm³/mol. The van der Waals surface area contributed by atoms with Crippen molar-refractivity contribution in [3.8, 4) is 17.2 Å². The van der Waals surface area contributed by atoms with Crippen molar-refractivity contribution < 1.29 is 23.8 Å². The third-order valence-electron chi connectivity index (χ3n) is 7.35. The highest BCUT2D eigenvalue weighted by Crippen LogP contribution is 2.46. The smallest absolute Gasteiger partial charge is 0.236 e. The SMILES string of the molecule is CCCCN(CCCC)C(=O)CN1C[C@H](c2ccc3c(c2)OCO3)[C@@H](C=O)[C@@H]1c1ccc(OC)cc1. The summed E-state index contributed by atoms with van der Waals surface area (Å²) in [5.74, 6) is 1.97. The summed E-state index contributed by atoms with van der Waals surface area (Å²) in [6.45, 7) is 6.95. The van der Waals surface area contributed by atoms with Gasteiger partial charge in [0.2, 0.25) is 12.7 Å². The van der Waals surface area contributed by atoms with Crippen LogP contribution in [0.1, 0.15) is 62.6 Å². The number of likely N-dealkylation sites (tertiary alicyclic amines) is 1. The van der Waals surface area contributed by atoms with Crippen LogP contribution in [-0.4, -0.2) is 62.1 Å². The summed E-state index contributed by atoms with van der Waals surface area (Å²) >= 11 is 0. The Morgan fingerprint density at radius 3 is 2.33 bits per heavy atom. The fraction of sp³-hybridized carbons (Fsp3) is 0.517. The number of ether oxygens (including phenoxy) is 3. The maximum Gasteiger partial charge on any atom is 0.236 e. The molecule has 2 aliphatic heterocycles. The topological polar surface area (TPSA) is 68.3 Å². The van der Waals surface area contributed by atoms with Crippen LogP contribution in [0.2, 0.25) is 0 Å². The van der Waals surface area contributed by atoms with E-state index in [4.69, 9.17) is 14.2 Å². The summed E-state index contributed by atoms with van der Waals surface area (Å²) in [7, 11) is 1.64. The number of rotatable bonds is 12. The lowest BCUT2D eigenvalue weighted by atomic mass is 9.83. The molecule has 0 unspecified atom stereocenters. The number of amides is 1. The first-order valence-corrected chi connectivity index (χ1v) is 13.1. The van der Waals surface area contributed by atoms with Gasteiger partial charge in [-0.15, -0.1) is 0 Å². The van der Waals surface area contributed by atoms with Crippen molar-refractivity contribution >= 4 is 12.2 Å². The Morgan fingerprint density at radius 2 is 1.69 bits per heavy atom. The number of methoxy groups -OCH3 is 1. The third kappa shape index (κ3) is 5.67. The fourth-order valence-corrected chi connectivity index (χ4v) is 5.32. The number of hydrogen-bond donors (Lipinski definition) is 0. The van der Waals surface area contributed by atoms with E-state index in [1.165, 1.54) is 0 Å². The molecule has 0 aliphatic carbocycles. The van der Waals surface area contributed by atoms with Crippen molar-refractivity contribution in [1.82, 2.24) is 9.80 Å². The molecule has 1 fully saturated rings. The summed E-state index contributed by atoms with van der Waals surface area (Å²) in [5.41, 5.74) is 2.04. The van der Waals surface area contributed by atoms with Gasteiger partial charge in [-0.2, -0.15) is 0 Å². The zero-order valence-corrected chi connectivity index (χ0v) is 21.7. The van der Waals surface area contributed by atoms with E-state index in [2.05, 4.69) is 18.7 Å². The van der Waals surface area contributed by atoms with E-state index in [-0.39, 0.29) is 37.1 Å². The molecule has 2 aromatic carbocycles. The van der Waals surface area contributed by atoms with Gasteiger partial charge in [-0.25, -0.2) is 0 Å². The van der Waals surface area contributed by atoms with E-state index < -0.39 is 0 Å². The zero-order valence-electron chi connectivity index (χ0n) is 21.7. The highest BCUT2D eigenvalue weighted by Gasteiger charge is 2.44. The Kier molecular flexibility index (Phi) is 8.86. The molecule has 2 aliphatic rings. The van der Waals surface area contributed by atoms with Crippen LogP contribution in [0.3, 0.4) is 0 Å². The second-order valence-electron chi connectivity index (χ2n) is 9.67. The lowest BCUT2D eigenvalue weighted by molar-refractivity contribution is -0.133. The molecule has 0 N–H and O–H groups in total. The van der Waals surface area contributed by atoms with Crippen molar-refractivity contribution in [1.29, 1.82) is 0 Å². The monoisotopic (exact) mass is 494 g/mol. The van der Waals surface area contributed by atoms with Gasteiger partial charge in [0.15, 0.2) is 11.5 Å². The fourth-order valence-electron chi connectivity index (χ4n) is 5.32. The maximum absolute atomic E-state index is 13.5. The van der Waals surface area contributed by atoms with Gasteiger partial charge < -0.3 is 23.9 Å². The molecular formula is C29H38N2O5. The molecule has 0 aromatic heterocycles. The van der Waals surface area contributed by atoms with Crippen molar-refractivity contribution in [3.05, 3.63) is 53.6 Å². The second-order valence-corrected chi connectivity index (χ2v) is 9.67. The molecule has 7 nitrogen and oxygen atoms in total. The van der Waals surface area contributed by atoms with Crippen molar-refractivity contribution in [2.24, 2.45) is 5.92 Å². The molecule has 1 saturated heterocycles. The minimum atomic E-state index is -0.300. The van der Waals surface area contributed by atoms with E-state index in [9.17, 15) is 9.59 Å². The van der Waals surface area contributed by atoms with Gasteiger partial charge in [-0.1, -0.05) is 44.9 Å². The summed E-state index contributed by atoms with van der Waals surface area (Å²) in [6.07, 6.45) is 5.14. The zero-order chi connectivity index (χ0) is 25.5. The Labute approximate surface area is 214 Å². The van der Waals surface area contributed by atoms with Crippen LogP contribution in [0.4, 0.5) is 0 Å². The average molecular weight is 495 g/mol. The molecule has 0 spiro atoms.